The molecule has 6 heteroatoms. The first kappa shape index (κ1) is 13.2. The third-order valence-corrected chi connectivity index (χ3v) is 1.64. The van der Waals surface area contributed by atoms with E-state index in [4.69, 9.17) is 10.8 Å². The lowest BCUT2D eigenvalue weighted by Gasteiger charge is -2.12. The molecular weight excluding hydrogens is 200 g/mol. The SMILES string of the molecule is C=CCC(=O)N[C@@H](CCC(N)=O)C(=O)O. The van der Waals surface area contributed by atoms with E-state index in [1.807, 2.05) is 0 Å². The first-order valence-electron chi connectivity index (χ1n) is 4.38. The quantitative estimate of drug-likeness (QED) is 0.491. The molecule has 0 spiro atoms. The van der Waals surface area contributed by atoms with Gasteiger partial charge in [0.15, 0.2) is 0 Å². The van der Waals surface area contributed by atoms with Gasteiger partial charge in [0, 0.05) is 12.8 Å². The van der Waals surface area contributed by atoms with Crippen LogP contribution in [0.5, 0.6) is 0 Å². The summed E-state index contributed by atoms with van der Waals surface area (Å²) in [7, 11) is 0. The molecular formula is C9H14N2O4. The van der Waals surface area contributed by atoms with Gasteiger partial charge in [-0.1, -0.05) is 6.08 Å². The number of hydrogen-bond donors (Lipinski definition) is 3. The van der Waals surface area contributed by atoms with Crippen molar-refractivity contribution in [2.24, 2.45) is 5.73 Å². The Labute approximate surface area is 87.1 Å². The number of amides is 2. The van der Waals surface area contributed by atoms with E-state index in [9.17, 15) is 14.4 Å². The molecule has 0 saturated heterocycles. The fourth-order valence-corrected chi connectivity index (χ4v) is 0.928. The Morgan fingerprint density at radius 2 is 2.07 bits per heavy atom. The van der Waals surface area contributed by atoms with Crippen LogP contribution in [-0.2, 0) is 14.4 Å². The topological polar surface area (TPSA) is 109 Å². The molecule has 0 radical (unpaired) electrons. The smallest absolute Gasteiger partial charge is 0.326 e. The molecule has 1 atom stereocenters. The summed E-state index contributed by atoms with van der Waals surface area (Å²) in [5.41, 5.74) is 4.87. The number of nitrogens with two attached hydrogens (primary N) is 1. The number of carboxylic acid groups (broad SMARTS) is 1. The second-order valence-electron chi connectivity index (χ2n) is 2.96. The summed E-state index contributed by atoms with van der Waals surface area (Å²) in [6.45, 7) is 3.34. The minimum Gasteiger partial charge on any atom is -0.480 e. The van der Waals surface area contributed by atoms with Crippen LogP contribution in [0, 0.1) is 0 Å². The predicted molar refractivity (Wildman–Crippen MR) is 52.8 cm³/mol. The zero-order valence-electron chi connectivity index (χ0n) is 8.23. The zero-order valence-corrected chi connectivity index (χ0v) is 8.23. The van der Waals surface area contributed by atoms with E-state index < -0.39 is 23.8 Å². The molecule has 0 saturated carbocycles. The van der Waals surface area contributed by atoms with Crippen molar-refractivity contribution >= 4 is 17.8 Å². The van der Waals surface area contributed by atoms with Crippen LogP contribution in [0.2, 0.25) is 0 Å². The lowest BCUT2D eigenvalue weighted by atomic mass is 10.1. The van der Waals surface area contributed by atoms with E-state index in [1.165, 1.54) is 6.08 Å². The molecule has 0 aromatic heterocycles. The molecule has 15 heavy (non-hydrogen) atoms. The average Bonchev–Trinajstić information content (AvgIpc) is 2.11. The van der Waals surface area contributed by atoms with Crippen LogP contribution in [0.4, 0.5) is 0 Å². The van der Waals surface area contributed by atoms with Gasteiger partial charge in [0.1, 0.15) is 6.04 Å². The number of carbonyl (C=O) groups is 3. The van der Waals surface area contributed by atoms with Crippen molar-refractivity contribution in [1.82, 2.24) is 5.32 Å². The molecule has 84 valence electrons. The van der Waals surface area contributed by atoms with Crippen LogP contribution in [0.15, 0.2) is 12.7 Å². The Morgan fingerprint density at radius 1 is 1.47 bits per heavy atom. The highest BCUT2D eigenvalue weighted by Gasteiger charge is 2.19. The maximum Gasteiger partial charge on any atom is 0.326 e. The normalized spacial score (nSPS) is 11.5. The summed E-state index contributed by atoms with van der Waals surface area (Å²) in [5, 5.41) is 11.0. The van der Waals surface area contributed by atoms with Gasteiger partial charge in [0.05, 0.1) is 0 Å². The highest BCUT2D eigenvalue weighted by atomic mass is 16.4. The van der Waals surface area contributed by atoms with Crippen LogP contribution < -0.4 is 11.1 Å². The summed E-state index contributed by atoms with van der Waals surface area (Å²) in [6.07, 6.45) is 1.32. The van der Waals surface area contributed by atoms with E-state index in [1.54, 1.807) is 0 Å². The molecule has 0 heterocycles. The highest BCUT2D eigenvalue weighted by molar-refractivity contribution is 5.84. The van der Waals surface area contributed by atoms with E-state index in [0.717, 1.165) is 0 Å². The Hall–Kier alpha value is -1.85. The van der Waals surface area contributed by atoms with E-state index >= 15 is 0 Å². The minimum absolute atomic E-state index is 0.00640. The van der Waals surface area contributed by atoms with Gasteiger partial charge < -0.3 is 16.2 Å². The number of carbonyl (C=O) groups excluding carboxylic acids is 2. The highest BCUT2D eigenvalue weighted by Crippen LogP contribution is 1.98. The maximum absolute atomic E-state index is 11.0. The van der Waals surface area contributed by atoms with Gasteiger partial charge in [-0.05, 0) is 6.42 Å². The molecule has 0 aliphatic rings. The third kappa shape index (κ3) is 6.25. The van der Waals surface area contributed by atoms with Gasteiger partial charge in [-0.25, -0.2) is 4.79 Å². The Bertz CT molecular complexity index is 275. The van der Waals surface area contributed by atoms with E-state index in [0.29, 0.717) is 0 Å². The second-order valence-corrected chi connectivity index (χ2v) is 2.96. The molecule has 0 unspecified atom stereocenters. The van der Waals surface area contributed by atoms with Crippen molar-refractivity contribution in [2.75, 3.05) is 0 Å². The predicted octanol–water partition coefficient (Wildman–Crippen LogP) is -0.603. The van der Waals surface area contributed by atoms with Crippen molar-refractivity contribution in [3.05, 3.63) is 12.7 Å². The zero-order chi connectivity index (χ0) is 11.8. The molecule has 0 rings (SSSR count). The first-order chi connectivity index (χ1) is 6.97. The fraction of sp³-hybridized carbons (Fsp3) is 0.444. The second kappa shape index (κ2) is 6.58. The Kier molecular flexibility index (Phi) is 5.77. The van der Waals surface area contributed by atoms with Gasteiger partial charge in [0.25, 0.3) is 0 Å². The number of rotatable bonds is 7. The number of aliphatic carboxylic acids is 1. The largest absolute Gasteiger partial charge is 0.480 e. The molecule has 0 fully saturated rings. The van der Waals surface area contributed by atoms with Crippen molar-refractivity contribution in [1.29, 1.82) is 0 Å². The van der Waals surface area contributed by atoms with Crippen LogP contribution in [-0.4, -0.2) is 28.9 Å². The van der Waals surface area contributed by atoms with Crippen LogP contribution in [0.3, 0.4) is 0 Å². The molecule has 6 nitrogen and oxygen atoms in total. The number of hydrogen-bond acceptors (Lipinski definition) is 3. The summed E-state index contributed by atoms with van der Waals surface area (Å²) in [5.74, 6) is -2.23. The number of carboxylic acids is 1. The Balaban J connectivity index is 4.15. The number of primary amides is 1. The summed E-state index contributed by atoms with van der Waals surface area (Å²) in [4.78, 5) is 32.1. The van der Waals surface area contributed by atoms with E-state index in [-0.39, 0.29) is 19.3 Å². The third-order valence-electron chi connectivity index (χ3n) is 1.64. The molecule has 2 amide bonds. The van der Waals surface area contributed by atoms with Gasteiger partial charge in [-0.3, -0.25) is 9.59 Å². The van der Waals surface area contributed by atoms with Gasteiger partial charge in [0.2, 0.25) is 11.8 Å². The van der Waals surface area contributed by atoms with Crippen LogP contribution >= 0.6 is 0 Å². The standard InChI is InChI=1S/C9H14N2O4/c1-2-3-8(13)11-6(9(14)15)4-5-7(10)12/h2,6H,1,3-5H2,(H2,10,12)(H,11,13)(H,14,15)/t6-/m0/s1. The molecule has 0 aromatic carbocycles. The monoisotopic (exact) mass is 214 g/mol. The van der Waals surface area contributed by atoms with Gasteiger partial charge in [-0.2, -0.15) is 0 Å². The first-order valence-corrected chi connectivity index (χ1v) is 4.38. The molecule has 0 aromatic rings. The van der Waals surface area contributed by atoms with Crippen molar-refractivity contribution in [3.8, 4) is 0 Å². The molecule has 0 aliphatic heterocycles. The summed E-state index contributed by atoms with van der Waals surface area (Å²) in [6, 6.07) is -1.08. The van der Waals surface area contributed by atoms with Crippen molar-refractivity contribution in [3.63, 3.8) is 0 Å². The lowest BCUT2D eigenvalue weighted by molar-refractivity contribution is -0.142. The summed E-state index contributed by atoms with van der Waals surface area (Å²) >= 11 is 0. The Morgan fingerprint density at radius 3 is 2.47 bits per heavy atom. The fourth-order valence-electron chi connectivity index (χ4n) is 0.928. The van der Waals surface area contributed by atoms with Crippen LogP contribution in [0.1, 0.15) is 19.3 Å². The maximum atomic E-state index is 11.0. The minimum atomic E-state index is -1.19. The van der Waals surface area contributed by atoms with Crippen LogP contribution in [0.25, 0.3) is 0 Å². The van der Waals surface area contributed by atoms with Crippen molar-refractivity contribution in [2.45, 2.75) is 25.3 Å². The summed E-state index contributed by atoms with van der Waals surface area (Å²) < 4.78 is 0. The lowest BCUT2D eigenvalue weighted by Crippen LogP contribution is -2.41. The van der Waals surface area contributed by atoms with E-state index in [2.05, 4.69) is 11.9 Å². The van der Waals surface area contributed by atoms with Gasteiger partial charge >= 0.3 is 5.97 Å². The number of nitrogens with one attached hydrogen (secondary N) is 1. The molecule has 0 aliphatic carbocycles. The van der Waals surface area contributed by atoms with Gasteiger partial charge in [-0.15, -0.1) is 6.58 Å². The molecule has 4 N–H and O–H groups in total. The average molecular weight is 214 g/mol. The van der Waals surface area contributed by atoms with Crippen molar-refractivity contribution < 1.29 is 19.5 Å². The molecule has 0 bridgehead atoms.